The second-order valence-corrected chi connectivity index (χ2v) is 7.05. The average Bonchev–Trinajstić information content (AvgIpc) is 3.10. The van der Waals surface area contributed by atoms with Gasteiger partial charge in [-0.1, -0.05) is 17.8 Å². The quantitative estimate of drug-likeness (QED) is 0.826. The zero-order valence-corrected chi connectivity index (χ0v) is 16.3. The summed E-state index contributed by atoms with van der Waals surface area (Å²) in [7, 11) is 0. The van der Waals surface area contributed by atoms with Gasteiger partial charge in [0, 0.05) is 44.5 Å². The number of aromatic nitrogens is 4. The lowest BCUT2D eigenvalue weighted by molar-refractivity contribution is 0.0750. The molecule has 3 rings (SSSR count). The highest BCUT2D eigenvalue weighted by Crippen LogP contribution is 2.20. The van der Waals surface area contributed by atoms with Crippen LogP contribution in [0.1, 0.15) is 41.3 Å². The zero-order valence-electron chi connectivity index (χ0n) is 15.5. The van der Waals surface area contributed by atoms with Crippen molar-refractivity contribution in [1.29, 1.82) is 0 Å². The number of anilines is 2. The summed E-state index contributed by atoms with van der Waals surface area (Å²) < 4.78 is 3.97. The lowest BCUT2D eigenvalue weighted by Crippen LogP contribution is -2.49. The molecule has 1 aliphatic rings. The minimum Gasteiger partial charge on any atom is -0.354 e. The third-order valence-corrected chi connectivity index (χ3v) is 5.06. The zero-order chi connectivity index (χ0) is 18.5. The molecule has 140 valence electrons. The molecular weight excluding hydrogens is 350 g/mol. The molecule has 0 saturated carbocycles. The molecule has 3 heterocycles. The minimum absolute atomic E-state index is 0.0512. The fourth-order valence-corrected chi connectivity index (χ4v) is 3.68. The number of nitrogens with one attached hydrogen (secondary N) is 1. The van der Waals surface area contributed by atoms with E-state index >= 15 is 0 Å². The number of aryl methyl sites for hydroxylation is 2. The molecule has 1 saturated heterocycles. The lowest BCUT2D eigenvalue weighted by Gasteiger charge is -2.35. The molecule has 8 nitrogen and oxygen atoms in total. The van der Waals surface area contributed by atoms with E-state index in [4.69, 9.17) is 0 Å². The van der Waals surface area contributed by atoms with E-state index < -0.39 is 0 Å². The van der Waals surface area contributed by atoms with Crippen molar-refractivity contribution in [2.45, 2.75) is 33.6 Å². The second-order valence-electron chi connectivity index (χ2n) is 6.30. The molecule has 1 aliphatic heterocycles. The van der Waals surface area contributed by atoms with Crippen molar-refractivity contribution in [1.82, 2.24) is 24.5 Å². The van der Waals surface area contributed by atoms with Crippen molar-refractivity contribution in [3.05, 3.63) is 22.3 Å². The number of piperazine rings is 1. The van der Waals surface area contributed by atoms with Crippen LogP contribution in [0.2, 0.25) is 0 Å². The molecule has 1 N–H and O–H groups in total. The Hall–Kier alpha value is -2.29. The molecule has 0 unspecified atom stereocenters. The van der Waals surface area contributed by atoms with Gasteiger partial charge in [0.1, 0.15) is 10.7 Å². The van der Waals surface area contributed by atoms with Crippen LogP contribution in [0.25, 0.3) is 0 Å². The van der Waals surface area contributed by atoms with E-state index in [-0.39, 0.29) is 5.91 Å². The molecule has 0 atom stereocenters. The molecule has 1 amide bonds. The van der Waals surface area contributed by atoms with Crippen LogP contribution in [0.15, 0.2) is 6.07 Å². The van der Waals surface area contributed by atoms with E-state index in [1.165, 1.54) is 11.5 Å². The molecule has 0 aliphatic carbocycles. The summed E-state index contributed by atoms with van der Waals surface area (Å²) in [4.78, 5) is 26.6. The molecule has 0 spiro atoms. The van der Waals surface area contributed by atoms with Gasteiger partial charge in [0.2, 0.25) is 5.95 Å². The van der Waals surface area contributed by atoms with Gasteiger partial charge >= 0.3 is 0 Å². The first-order chi connectivity index (χ1) is 12.6. The van der Waals surface area contributed by atoms with Crippen LogP contribution in [-0.2, 0) is 6.42 Å². The van der Waals surface area contributed by atoms with E-state index in [2.05, 4.69) is 36.7 Å². The van der Waals surface area contributed by atoms with E-state index in [0.717, 1.165) is 49.7 Å². The number of amides is 1. The van der Waals surface area contributed by atoms with Crippen molar-refractivity contribution >= 4 is 29.2 Å². The summed E-state index contributed by atoms with van der Waals surface area (Å²) in [6.07, 6.45) is 1.76. The monoisotopic (exact) mass is 375 g/mol. The lowest BCUT2D eigenvalue weighted by atomic mass is 10.2. The van der Waals surface area contributed by atoms with E-state index in [1.54, 1.807) is 0 Å². The number of carbonyl (C=O) groups is 1. The van der Waals surface area contributed by atoms with Gasteiger partial charge in [0.15, 0.2) is 0 Å². The van der Waals surface area contributed by atoms with Gasteiger partial charge in [-0.25, -0.2) is 4.98 Å². The topological polar surface area (TPSA) is 87.1 Å². The van der Waals surface area contributed by atoms with Gasteiger partial charge in [0.05, 0.1) is 5.69 Å². The first-order valence-electron chi connectivity index (χ1n) is 9.07. The van der Waals surface area contributed by atoms with Crippen molar-refractivity contribution in [2.24, 2.45) is 0 Å². The van der Waals surface area contributed by atoms with Crippen LogP contribution in [0.4, 0.5) is 11.8 Å². The Morgan fingerprint density at radius 2 is 2.00 bits per heavy atom. The Kier molecular flexibility index (Phi) is 5.97. The predicted molar refractivity (Wildman–Crippen MR) is 103 cm³/mol. The van der Waals surface area contributed by atoms with Crippen molar-refractivity contribution in [3.8, 4) is 0 Å². The van der Waals surface area contributed by atoms with Crippen LogP contribution in [0.5, 0.6) is 0 Å². The van der Waals surface area contributed by atoms with E-state index in [9.17, 15) is 4.79 Å². The SMILES string of the molecule is CCCc1nnsc1C(=O)N1CCN(c2cc(C)nc(NCC)n2)CC1. The largest absolute Gasteiger partial charge is 0.354 e. The van der Waals surface area contributed by atoms with Crippen LogP contribution in [0.3, 0.4) is 0 Å². The molecule has 2 aromatic rings. The first-order valence-corrected chi connectivity index (χ1v) is 9.84. The highest BCUT2D eigenvalue weighted by molar-refractivity contribution is 7.08. The molecule has 1 fully saturated rings. The fourth-order valence-electron chi connectivity index (χ4n) is 3.00. The smallest absolute Gasteiger partial charge is 0.267 e. The summed E-state index contributed by atoms with van der Waals surface area (Å²) in [5.41, 5.74) is 1.76. The maximum atomic E-state index is 12.8. The first kappa shape index (κ1) is 18.5. The molecule has 9 heteroatoms. The third kappa shape index (κ3) is 4.09. The fraction of sp³-hybridized carbons (Fsp3) is 0.588. The Labute approximate surface area is 157 Å². The number of hydrogen-bond acceptors (Lipinski definition) is 8. The van der Waals surface area contributed by atoms with Crippen molar-refractivity contribution < 1.29 is 4.79 Å². The summed E-state index contributed by atoms with van der Waals surface area (Å²) in [6, 6.07) is 1.99. The Morgan fingerprint density at radius 3 is 2.69 bits per heavy atom. The normalized spacial score (nSPS) is 14.6. The Morgan fingerprint density at radius 1 is 1.23 bits per heavy atom. The van der Waals surface area contributed by atoms with Gasteiger partial charge < -0.3 is 15.1 Å². The summed E-state index contributed by atoms with van der Waals surface area (Å²) in [5, 5.41) is 7.27. The van der Waals surface area contributed by atoms with E-state index in [0.29, 0.717) is 23.9 Å². The molecular formula is C17H25N7OS. The second kappa shape index (κ2) is 8.39. The minimum atomic E-state index is 0.0512. The van der Waals surface area contributed by atoms with Crippen molar-refractivity contribution in [2.75, 3.05) is 42.9 Å². The van der Waals surface area contributed by atoms with Crippen LogP contribution < -0.4 is 10.2 Å². The van der Waals surface area contributed by atoms with Gasteiger partial charge in [0.25, 0.3) is 5.91 Å². The van der Waals surface area contributed by atoms with Crippen LogP contribution in [0, 0.1) is 6.92 Å². The van der Waals surface area contributed by atoms with Crippen LogP contribution in [-0.4, -0.2) is 63.1 Å². The van der Waals surface area contributed by atoms with Crippen LogP contribution >= 0.6 is 11.5 Å². The number of hydrogen-bond donors (Lipinski definition) is 1. The van der Waals surface area contributed by atoms with Gasteiger partial charge in [-0.2, -0.15) is 4.98 Å². The molecule has 26 heavy (non-hydrogen) atoms. The maximum absolute atomic E-state index is 12.8. The van der Waals surface area contributed by atoms with Gasteiger partial charge in [-0.05, 0) is 31.8 Å². The Balaban J connectivity index is 1.65. The van der Waals surface area contributed by atoms with Gasteiger partial charge in [-0.15, -0.1) is 5.10 Å². The number of nitrogens with zero attached hydrogens (tertiary/aromatic N) is 6. The molecule has 0 bridgehead atoms. The molecule has 0 aromatic carbocycles. The van der Waals surface area contributed by atoms with E-state index in [1.807, 2.05) is 24.8 Å². The maximum Gasteiger partial charge on any atom is 0.267 e. The number of rotatable bonds is 6. The summed E-state index contributed by atoms with van der Waals surface area (Å²) >= 11 is 1.20. The van der Waals surface area contributed by atoms with Crippen molar-refractivity contribution in [3.63, 3.8) is 0 Å². The third-order valence-electron chi connectivity index (χ3n) is 4.30. The highest BCUT2D eigenvalue weighted by Gasteiger charge is 2.26. The highest BCUT2D eigenvalue weighted by atomic mass is 32.1. The number of carbonyl (C=O) groups excluding carboxylic acids is 1. The van der Waals surface area contributed by atoms with Gasteiger partial charge in [-0.3, -0.25) is 4.79 Å². The predicted octanol–water partition coefficient (Wildman–Crippen LogP) is 1.98. The summed E-state index contributed by atoms with van der Waals surface area (Å²) in [6.45, 7) is 9.70. The average molecular weight is 376 g/mol. The summed E-state index contributed by atoms with van der Waals surface area (Å²) in [5.74, 6) is 1.61. The Bertz CT molecular complexity index is 755. The molecule has 0 radical (unpaired) electrons. The molecule has 2 aromatic heterocycles. The standard InChI is InChI=1S/C17H25N7OS/c1-4-6-13-15(26-22-21-13)16(25)24-9-7-23(8-10-24)14-11-12(3)19-17(20-14)18-5-2/h11H,4-10H2,1-3H3,(H,18,19,20).